The number of hydrogen-bond acceptors (Lipinski definition) is 3. The van der Waals surface area contributed by atoms with Gasteiger partial charge < -0.3 is 10.1 Å². The molecule has 0 radical (unpaired) electrons. The molecule has 1 aliphatic carbocycles. The van der Waals surface area contributed by atoms with Crippen molar-refractivity contribution in [1.82, 2.24) is 10.2 Å². The van der Waals surface area contributed by atoms with Gasteiger partial charge in [0.2, 0.25) is 0 Å². The fourth-order valence-corrected chi connectivity index (χ4v) is 3.67. The molecule has 1 saturated carbocycles. The van der Waals surface area contributed by atoms with Crippen LogP contribution < -0.4 is 5.32 Å². The molecule has 0 spiro atoms. The maximum absolute atomic E-state index is 5.94. The smallest absolute Gasteiger partial charge is 0.0730 e. The second kappa shape index (κ2) is 8.23. The molecular formula is C16H32N2O. The molecule has 2 rings (SSSR count). The Labute approximate surface area is 119 Å². The minimum absolute atomic E-state index is 0.545. The van der Waals surface area contributed by atoms with Gasteiger partial charge in [0.05, 0.1) is 12.7 Å². The third kappa shape index (κ3) is 4.73. The van der Waals surface area contributed by atoms with E-state index in [1.54, 1.807) is 0 Å². The Hall–Kier alpha value is -0.120. The van der Waals surface area contributed by atoms with Gasteiger partial charge in [0.15, 0.2) is 0 Å². The predicted molar refractivity (Wildman–Crippen MR) is 80.6 cm³/mol. The lowest BCUT2D eigenvalue weighted by Crippen LogP contribution is -2.52. The summed E-state index contributed by atoms with van der Waals surface area (Å²) < 4.78 is 5.94. The van der Waals surface area contributed by atoms with E-state index in [-0.39, 0.29) is 0 Å². The van der Waals surface area contributed by atoms with Crippen LogP contribution >= 0.6 is 0 Å². The number of nitrogens with one attached hydrogen (secondary N) is 1. The standard InChI is InChI=1S/C16H32N2O/c1-3-17-14(2)8-6-7-11-18-12-13-19-16-10-5-4-9-15(16)18/h14-17H,3-13H2,1-2H3. The summed E-state index contributed by atoms with van der Waals surface area (Å²) in [5.74, 6) is 0. The first-order valence-corrected chi connectivity index (χ1v) is 8.40. The summed E-state index contributed by atoms with van der Waals surface area (Å²) in [5.41, 5.74) is 0. The third-order valence-electron chi connectivity index (χ3n) is 4.73. The zero-order chi connectivity index (χ0) is 13.5. The van der Waals surface area contributed by atoms with Gasteiger partial charge in [-0.05, 0) is 45.7 Å². The van der Waals surface area contributed by atoms with Gasteiger partial charge in [0.1, 0.15) is 0 Å². The fourth-order valence-electron chi connectivity index (χ4n) is 3.67. The second-order valence-corrected chi connectivity index (χ2v) is 6.25. The summed E-state index contributed by atoms with van der Waals surface area (Å²) in [6.07, 6.45) is 9.97. The largest absolute Gasteiger partial charge is 0.375 e. The van der Waals surface area contributed by atoms with Crippen LogP contribution in [0, 0.1) is 0 Å². The van der Waals surface area contributed by atoms with Gasteiger partial charge in [-0.1, -0.05) is 26.2 Å². The lowest BCUT2D eigenvalue weighted by molar-refractivity contribution is -0.0882. The van der Waals surface area contributed by atoms with Crippen molar-refractivity contribution in [3.05, 3.63) is 0 Å². The van der Waals surface area contributed by atoms with Gasteiger partial charge in [-0.3, -0.25) is 4.90 Å². The van der Waals surface area contributed by atoms with Crippen molar-refractivity contribution < 1.29 is 4.74 Å². The maximum Gasteiger partial charge on any atom is 0.0730 e. The van der Waals surface area contributed by atoms with Crippen molar-refractivity contribution >= 4 is 0 Å². The summed E-state index contributed by atoms with van der Waals surface area (Å²) in [6.45, 7) is 8.97. The summed E-state index contributed by atoms with van der Waals surface area (Å²) in [4.78, 5) is 2.71. The van der Waals surface area contributed by atoms with E-state index >= 15 is 0 Å². The monoisotopic (exact) mass is 268 g/mol. The van der Waals surface area contributed by atoms with Gasteiger partial charge in [-0.15, -0.1) is 0 Å². The minimum Gasteiger partial charge on any atom is -0.375 e. The molecule has 3 atom stereocenters. The number of hydrogen-bond donors (Lipinski definition) is 1. The van der Waals surface area contributed by atoms with E-state index in [0.717, 1.165) is 25.7 Å². The SMILES string of the molecule is CCNC(C)CCCCN1CCOC2CCCCC21. The molecule has 112 valence electrons. The topological polar surface area (TPSA) is 24.5 Å². The molecule has 0 amide bonds. The lowest BCUT2D eigenvalue weighted by atomic mass is 9.90. The van der Waals surface area contributed by atoms with Crippen LogP contribution in [0.5, 0.6) is 0 Å². The molecule has 1 heterocycles. The Bertz CT molecular complexity index is 245. The van der Waals surface area contributed by atoms with Crippen LogP contribution in [-0.2, 0) is 4.74 Å². The fraction of sp³-hybridized carbons (Fsp3) is 1.00. The van der Waals surface area contributed by atoms with E-state index in [0.29, 0.717) is 12.1 Å². The molecule has 3 heteroatoms. The van der Waals surface area contributed by atoms with Crippen LogP contribution in [0.4, 0.5) is 0 Å². The molecule has 1 aliphatic heterocycles. The molecule has 0 aromatic rings. The summed E-state index contributed by atoms with van der Waals surface area (Å²) in [5, 5.41) is 3.50. The highest BCUT2D eigenvalue weighted by atomic mass is 16.5. The molecule has 2 aliphatic rings. The van der Waals surface area contributed by atoms with Crippen molar-refractivity contribution in [2.45, 2.75) is 77.0 Å². The van der Waals surface area contributed by atoms with Gasteiger partial charge in [0.25, 0.3) is 0 Å². The Balaban J connectivity index is 1.64. The molecule has 3 unspecified atom stereocenters. The van der Waals surface area contributed by atoms with E-state index < -0.39 is 0 Å². The molecular weight excluding hydrogens is 236 g/mol. The lowest BCUT2D eigenvalue weighted by Gasteiger charge is -2.44. The minimum atomic E-state index is 0.545. The molecule has 1 N–H and O–H groups in total. The van der Waals surface area contributed by atoms with E-state index in [2.05, 4.69) is 24.1 Å². The van der Waals surface area contributed by atoms with Gasteiger partial charge in [-0.2, -0.15) is 0 Å². The first-order valence-electron chi connectivity index (χ1n) is 8.40. The van der Waals surface area contributed by atoms with E-state index in [4.69, 9.17) is 4.74 Å². The average Bonchev–Trinajstić information content (AvgIpc) is 2.44. The summed E-state index contributed by atoms with van der Waals surface area (Å²) >= 11 is 0. The summed E-state index contributed by atoms with van der Waals surface area (Å²) in [6, 6.07) is 1.41. The number of ether oxygens (including phenoxy) is 1. The molecule has 1 saturated heterocycles. The summed E-state index contributed by atoms with van der Waals surface area (Å²) in [7, 11) is 0. The zero-order valence-corrected chi connectivity index (χ0v) is 12.9. The molecule has 3 nitrogen and oxygen atoms in total. The average molecular weight is 268 g/mol. The number of rotatable bonds is 7. The van der Waals surface area contributed by atoms with Crippen LogP contribution in [0.3, 0.4) is 0 Å². The molecule has 0 bridgehead atoms. The van der Waals surface area contributed by atoms with Gasteiger partial charge >= 0.3 is 0 Å². The Morgan fingerprint density at radius 2 is 2.11 bits per heavy atom. The number of nitrogens with zero attached hydrogens (tertiary/aromatic N) is 1. The van der Waals surface area contributed by atoms with Crippen molar-refractivity contribution in [3.8, 4) is 0 Å². The highest BCUT2D eigenvalue weighted by molar-refractivity contribution is 4.87. The zero-order valence-electron chi connectivity index (χ0n) is 12.9. The van der Waals surface area contributed by atoms with Crippen LogP contribution in [0.2, 0.25) is 0 Å². The van der Waals surface area contributed by atoms with Crippen LogP contribution in [0.1, 0.15) is 58.8 Å². The molecule has 0 aromatic carbocycles. The number of fused-ring (bicyclic) bond motifs is 1. The second-order valence-electron chi connectivity index (χ2n) is 6.25. The third-order valence-corrected chi connectivity index (χ3v) is 4.73. The normalized spacial score (nSPS) is 30.0. The van der Waals surface area contributed by atoms with E-state index in [9.17, 15) is 0 Å². The van der Waals surface area contributed by atoms with Gasteiger partial charge in [0, 0.05) is 18.6 Å². The highest BCUT2D eigenvalue weighted by Gasteiger charge is 2.33. The van der Waals surface area contributed by atoms with Crippen molar-refractivity contribution in [3.63, 3.8) is 0 Å². The van der Waals surface area contributed by atoms with Crippen LogP contribution in [0.25, 0.3) is 0 Å². The quantitative estimate of drug-likeness (QED) is 0.719. The van der Waals surface area contributed by atoms with E-state index in [1.165, 1.54) is 51.5 Å². The maximum atomic E-state index is 5.94. The molecule has 2 fully saturated rings. The molecule has 19 heavy (non-hydrogen) atoms. The van der Waals surface area contributed by atoms with Crippen molar-refractivity contribution in [1.29, 1.82) is 0 Å². The van der Waals surface area contributed by atoms with E-state index in [1.807, 2.05) is 0 Å². The highest BCUT2D eigenvalue weighted by Crippen LogP contribution is 2.28. The van der Waals surface area contributed by atoms with Gasteiger partial charge in [-0.25, -0.2) is 0 Å². The first-order chi connectivity index (χ1) is 9.31. The van der Waals surface area contributed by atoms with Crippen molar-refractivity contribution in [2.75, 3.05) is 26.2 Å². The Morgan fingerprint density at radius 3 is 2.95 bits per heavy atom. The number of unbranched alkanes of at least 4 members (excludes halogenated alkanes) is 1. The number of morpholine rings is 1. The van der Waals surface area contributed by atoms with Crippen LogP contribution in [-0.4, -0.2) is 49.3 Å². The Morgan fingerprint density at radius 1 is 1.26 bits per heavy atom. The van der Waals surface area contributed by atoms with Crippen LogP contribution in [0.15, 0.2) is 0 Å². The predicted octanol–water partition coefficient (Wildman–Crippen LogP) is 2.80. The first kappa shape index (κ1) is 15.3. The van der Waals surface area contributed by atoms with Crippen molar-refractivity contribution in [2.24, 2.45) is 0 Å². The Kier molecular flexibility index (Phi) is 6.62. The molecule has 0 aromatic heterocycles.